The molecule has 490 valence electrons. The molecule has 1 amide bonds. The van der Waals surface area contributed by atoms with Crippen LogP contribution in [0.15, 0.2) is 24.3 Å². The number of hydrogen-bond acceptors (Lipinski definition) is 13. The molecule has 0 aromatic heterocycles. The van der Waals surface area contributed by atoms with Crippen molar-refractivity contribution in [1.82, 2.24) is 5.32 Å². The molecule has 0 aromatic rings. The van der Waals surface area contributed by atoms with Gasteiger partial charge >= 0.3 is 0 Å². The molecule has 0 bridgehead atoms. The third-order valence-electron chi connectivity index (χ3n) is 17.4. The van der Waals surface area contributed by atoms with Crippen molar-refractivity contribution in [3.05, 3.63) is 24.3 Å². The number of amides is 1. The van der Waals surface area contributed by atoms with Gasteiger partial charge < -0.3 is 65.1 Å². The molecule has 83 heavy (non-hydrogen) atoms. The molecular formula is C69H131NO13. The summed E-state index contributed by atoms with van der Waals surface area (Å²) in [5.74, 6) is -0.233. The lowest BCUT2D eigenvalue weighted by molar-refractivity contribution is -0.359. The Morgan fingerprint density at radius 2 is 0.759 bits per heavy atom. The van der Waals surface area contributed by atoms with Crippen LogP contribution >= 0.6 is 0 Å². The second-order valence-corrected chi connectivity index (χ2v) is 25.0. The summed E-state index contributed by atoms with van der Waals surface area (Å²) in [7, 11) is 0. The standard InChI is InChI=1S/C69H131NO13/c1-3-5-7-9-11-13-15-17-19-21-23-25-26-27-28-29-30-31-32-33-35-37-39-41-43-45-47-49-51-53-61(74)70-57(58(73)52-50-48-46-44-42-40-38-36-34-24-22-20-18-16-14-12-10-8-6-4-2)56-80-68-66(79)64(77)67(60(55-72)82-68)83-69-65(78)63(76)62(75)59(54-71)81-69/h21,23,50,52,57-60,62-69,71-73,75-79H,3-20,22,24-49,51,53-56H2,1-2H3,(H,70,74)/b23-21-,52-50+. The Kier molecular flexibility index (Phi) is 51.0. The largest absolute Gasteiger partial charge is 0.394 e. The smallest absolute Gasteiger partial charge is 0.220 e. The predicted octanol–water partition coefficient (Wildman–Crippen LogP) is 14.0. The molecule has 2 rings (SSSR count). The Labute approximate surface area is 507 Å². The van der Waals surface area contributed by atoms with Crippen molar-refractivity contribution in [1.29, 1.82) is 0 Å². The van der Waals surface area contributed by atoms with Crippen molar-refractivity contribution < 1.29 is 64.6 Å². The van der Waals surface area contributed by atoms with E-state index in [1.54, 1.807) is 6.08 Å². The number of hydrogen-bond donors (Lipinski definition) is 9. The molecular weight excluding hydrogens is 1050 g/mol. The van der Waals surface area contributed by atoms with Gasteiger partial charge in [0.25, 0.3) is 0 Å². The van der Waals surface area contributed by atoms with E-state index in [0.717, 1.165) is 38.5 Å². The van der Waals surface area contributed by atoms with Gasteiger partial charge in [-0.15, -0.1) is 0 Å². The number of allylic oxidation sites excluding steroid dienone is 3. The second kappa shape index (κ2) is 54.6. The maximum Gasteiger partial charge on any atom is 0.220 e. The molecule has 12 unspecified atom stereocenters. The minimum atomic E-state index is -1.79. The van der Waals surface area contributed by atoms with Crippen LogP contribution in [0.25, 0.3) is 0 Å². The van der Waals surface area contributed by atoms with Crippen molar-refractivity contribution in [2.75, 3.05) is 19.8 Å². The molecule has 0 aromatic carbocycles. The number of carbonyl (C=O) groups is 1. The van der Waals surface area contributed by atoms with Crippen molar-refractivity contribution in [2.45, 2.75) is 389 Å². The van der Waals surface area contributed by atoms with E-state index in [1.165, 1.54) is 250 Å². The lowest BCUT2D eigenvalue weighted by atomic mass is 9.97. The summed E-state index contributed by atoms with van der Waals surface area (Å²) >= 11 is 0. The zero-order chi connectivity index (χ0) is 60.2. The van der Waals surface area contributed by atoms with Crippen molar-refractivity contribution in [3.8, 4) is 0 Å². The number of rotatable bonds is 58. The average molecular weight is 1180 g/mol. The van der Waals surface area contributed by atoms with E-state index in [4.69, 9.17) is 18.9 Å². The number of ether oxygens (including phenoxy) is 4. The van der Waals surface area contributed by atoms with Crippen LogP contribution < -0.4 is 5.32 Å². The molecule has 0 aliphatic carbocycles. The highest BCUT2D eigenvalue weighted by atomic mass is 16.7. The molecule has 0 spiro atoms. The Bertz CT molecular complexity index is 1490. The fourth-order valence-electron chi connectivity index (χ4n) is 11.8. The molecule has 2 aliphatic heterocycles. The minimum absolute atomic E-state index is 0.233. The van der Waals surface area contributed by atoms with Crippen LogP contribution in [0.2, 0.25) is 0 Å². The molecule has 12 atom stereocenters. The SMILES string of the molecule is CCCCCCCCCC/C=C\CCCCCCCCCCCCCCCCCCCC(=O)NC(COC1OC(CO)C(OC2OC(CO)C(O)C(O)C2O)C(O)C1O)C(O)/C=C/CCCCCCCCCCCCCCCCCCCC. The van der Waals surface area contributed by atoms with E-state index in [1.807, 2.05) is 6.08 Å². The van der Waals surface area contributed by atoms with Gasteiger partial charge in [0.1, 0.15) is 48.8 Å². The van der Waals surface area contributed by atoms with Crippen LogP contribution in [0.4, 0.5) is 0 Å². The van der Waals surface area contributed by atoms with Crippen LogP contribution in [0, 0.1) is 0 Å². The topological polar surface area (TPSA) is 228 Å². The first-order valence-electron chi connectivity index (χ1n) is 35.1. The lowest BCUT2D eigenvalue weighted by Crippen LogP contribution is -2.65. The van der Waals surface area contributed by atoms with Crippen LogP contribution in [-0.2, 0) is 23.7 Å². The summed E-state index contributed by atoms with van der Waals surface area (Å²) in [4.78, 5) is 13.3. The highest BCUT2D eigenvalue weighted by Crippen LogP contribution is 2.30. The molecule has 0 radical (unpaired) electrons. The quantitative estimate of drug-likeness (QED) is 0.0204. The number of aliphatic hydroxyl groups is 8. The van der Waals surface area contributed by atoms with Gasteiger partial charge in [0, 0.05) is 6.42 Å². The fraction of sp³-hybridized carbons (Fsp3) is 0.928. The number of nitrogens with one attached hydrogen (secondary N) is 1. The number of aliphatic hydroxyl groups excluding tert-OH is 8. The zero-order valence-corrected chi connectivity index (χ0v) is 53.2. The van der Waals surface area contributed by atoms with Gasteiger partial charge in [-0.3, -0.25) is 4.79 Å². The monoisotopic (exact) mass is 1180 g/mol. The first-order chi connectivity index (χ1) is 40.6. The van der Waals surface area contributed by atoms with Gasteiger partial charge in [-0.1, -0.05) is 289 Å². The van der Waals surface area contributed by atoms with Gasteiger partial charge in [0.2, 0.25) is 5.91 Å². The van der Waals surface area contributed by atoms with Gasteiger partial charge in [-0.2, -0.15) is 0 Å². The Morgan fingerprint density at radius 3 is 1.14 bits per heavy atom. The normalized spacial score (nSPS) is 23.9. The van der Waals surface area contributed by atoms with Crippen molar-refractivity contribution in [3.63, 3.8) is 0 Å². The highest BCUT2D eigenvalue weighted by Gasteiger charge is 2.51. The third kappa shape index (κ3) is 39.2. The molecule has 14 heteroatoms. The van der Waals surface area contributed by atoms with Crippen LogP contribution in [0.5, 0.6) is 0 Å². The van der Waals surface area contributed by atoms with Crippen molar-refractivity contribution in [2.24, 2.45) is 0 Å². The van der Waals surface area contributed by atoms with Gasteiger partial charge in [0.05, 0.1) is 32.0 Å². The van der Waals surface area contributed by atoms with Crippen molar-refractivity contribution >= 4 is 5.91 Å². The molecule has 2 heterocycles. The van der Waals surface area contributed by atoms with Crippen LogP contribution in [0.3, 0.4) is 0 Å². The maximum atomic E-state index is 13.3. The fourth-order valence-corrected chi connectivity index (χ4v) is 11.8. The second-order valence-electron chi connectivity index (χ2n) is 25.0. The summed E-state index contributed by atoms with van der Waals surface area (Å²) in [6.45, 7) is 2.85. The van der Waals surface area contributed by atoms with Crippen LogP contribution in [0.1, 0.15) is 316 Å². The first-order valence-corrected chi connectivity index (χ1v) is 35.1. The highest BCUT2D eigenvalue weighted by molar-refractivity contribution is 5.76. The predicted molar refractivity (Wildman–Crippen MR) is 337 cm³/mol. The average Bonchev–Trinajstić information content (AvgIpc) is 3.65. The zero-order valence-electron chi connectivity index (χ0n) is 53.2. The Morgan fingerprint density at radius 1 is 0.422 bits per heavy atom. The maximum absolute atomic E-state index is 13.3. The van der Waals surface area contributed by atoms with E-state index in [9.17, 15) is 45.6 Å². The molecule has 14 nitrogen and oxygen atoms in total. The summed E-state index contributed by atoms with van der Waals surface area (Å²) in [5.41, 5.74) is 0. The molecule has 2 fully saturated rings. The minimum Gasteiger partial charge on any atom is -0.394 e. The van der Waals surface area contributed by atoms with Gasteiger partial charge in [-0.05, 0) is 44.9 Å². The Balaban J connectivity index is 1.67. The molecule has 2 aliphatic rings. The van der Waals surface area contributed by atoms with Gasteiger partial charge in [-0.25, -0.2) is 0 Å². The summed E-state index contributed by atoms with van der Waals surface area (Å²) in [6, 6.07) is -0.913. The lowest BCUT2D eigenvalue weighted by Gasteiger charge is -2.46. The third-order valence-corrected chi connectivity index (χ3v) is 17.4. The van der Waals surface area contributed by atoms with E-state index in [2.05, 4.69) is 31.3 Å². The summed E-state index contributed by atoms with van der Waals surface area (Å²) < 4.78 is 22.9. The van der Waals surface area contributed by atoms with E-state index in [0.29, 0.717) is 6.42 Å². The molecule has 0 saturated carbocycles. The van der Waals surface area contributed by atoms with E-state index in [-0.39, 0.29) is 18.9 Å². The molecule has 9 N–H and O–H groups in total. The van der Waals surface area contributed by atoms with E-state index < -0.39 is 86.8 Å². The van der Waals surface area contributed by atoms with Gasteiger partial charge in [0.15, 0.2) is 12.6 Å². The Hall–Kier alpha value is -1.53. The molecule has 2 saturated heterocycles. The van der Waals surface area contributed by atoms with Crippen LogP contribution in [-0.4, -0.2) is 140 Å². The number of unbranched alkanes of at least 4 members (excludes halogenated alkanes) is 43. The number of carbonyl (C=O) groups excluding carboxylic acids is 1. The first kappa shape index (κ1) is 77.6. The van der Waals surface area contributed by atoms with E-state index >= 15 is 0 Å². The summed E-state index contributed by atoms with van der Waals surface area (Å²) in [5, 5.41) is 87.4. The summed E-state index contributed by atoms with van der Waals surface area (Å²) in [6.07, 6.45) is 50.9.